The summed E-state index contributed by atoms with van der Waals surface area (Å²) in [6.07, 6.45) is 6.79. The summed E-state index contributed by atoms with van der Waals surface area (Å²) >= 11 is 6.29. The number of hydrogen-bond acceptors (Lipinski definition) is 3. The van der Waals surface area contributed by atoms with Gasteiger partial charge in [-0.25, -0.2) is 4.79 Å². The number of imidazole rings is 1. The van der Waals surface area contributed by atoms with Crippen molar-refractivity contribution in [2.75, 3.05) is 7.11 Å². The first kappa shape index (κ1) is 19.6. The number of halogens is 1. The van der Waals surface area contributed by atoms with E-state index in [4.69, 9.17) is 16.3 Å². The molecule has 0 bridgehead atoms. The van der Waals surface area contributed by atoms with E-state index in [9.17, 15) is 10.1 Å². The Hall–Kier alpha value is -2.71. The average Bonchev–Trinajstić information content (AvgIpc) is 2.90. The van der Waals surface area contributed by atoms with Crippen LogP contribution in [0.5, 0.6) is 5.75 Å². The van der Waals surface area contributed by atoms with E-state index < -0.39 is 0 Å². The molecule has 3 aromatic rings. The summed E-state index contributed by atoms with van der Waals surface area (Å²) < 4.78 is 8.94. The van der Waals surface area contributed by atoms with E-state index in [2.05, 4.69) is 6.07 Å². The van der Waals surface area contributed by atoms with Gasteiger partial charge in [-0.15, -0.1) is 0 Å². The van der Waals surface area contributed by atoms with Gasteiger partial charge in [0.05, 0.1) is 41.3 Å². The minimum atomic E-state index is -0.0195. The molecule has 0 atom stereocenters. The van der Waals surface area contributed by atoms with Crippen molar-refractivity contribution in [1.82, 2.24) is 9.13 Å². The summed E-state index contributed by atoms with van der Waals surface area (Å²) in [5, 5.41) is 9.88. The third-order valence-corrected chi connectivity index (χ3v) is 6.13. The van der Waals surface area contributed by atoms with Gasteiger partial charge in [-0.05, 0) is 48.7 Å². The van der Waals surface area contributed by atoms with Crippen LogP contribution in [0.25, 0.3) is 11.0 Å². The summed E-state index contributed by atoms with van der Waals surface area (Å²) in [5.41, 5.74) is 3.15. The second-order valence-corrected chi connectivity index (χ2v) is 8.08. The number of benzene rings is 2. The molecule has 29 heavy (non-hydrogen) atoms. The second kappa shape index (κ2) is 8.34. The lowest BCUT2D eigenvalue weighted by atomic mass is 10.1. The molecule has 0 aliphatic heterocycles. The first-order valence-corrected chi connectivity index (χ1v) is 10.5. The van der Waals surface area contributed by atoms with Crippen molar-refractivity contribution in [2.24, 2.45) is 0 Å². The van der Waals surface area contributed by atoms with Gasteiger partial charge in [-0.3, -0.25) is 9.13 Å². The zero-order valence-corrected chi connectivity index (χ0v) is 17.3. The van der Waals surface area contributed by atoms with Gasteiger partial charge in [0, 0.05) is 6.04 Å². The lowest BCUT2D eigenvalue weighted by Gasteiger charge is -2.16. The van der Waals surface area contributed by atoms with Crippen molar-refractivity contribution in [2.45, 2.75) is 51.1 Å². The molecule has 6 heteroatoms. The third-order valence-electron chi connectivity index (χ3n) is 5.84. The summed E-state index contributed by atoms with van der Waals surface area (Å²) in [7, 11) is 1.58. The highest BCUT2D eigenvalue weighted by Gasteiger charge is 2.22. The third kappa shape index (κ3) is 3.77. The minimum Gasteiger partial charge on any atom is -0.495 e. The second-order valence-electron chi connectivity index (χ2n) is 7.67. The van der Waals surface area contributed by atoms with Gasteiger partial charge in [0.1, 0.15) is 5.75 Å². The number of ether oxygens (including phenoxy) is 1. The van der Waals surface area contributed by atoms with E-state index in [1.807, 2.05) is 34.9 Å². The van der Waals surface area contributed by atoms with Gasteiger partial charge in [-0.1, -0.05) is 43.4 Å². The van der Waals surface area contributed by atoms with Crippen LogP contribution in [0.15, 0.2) is 41.2 Å². The average molecular weight is 410 g/mol. The van der Waals surface area contributed by atoms with Crippen LogP contribution in [0.1, 0.15) is 55.7 Å². The molecule has 0 saturated heterocycles. The van der Waals surface area contributed by atoms with Crippen molar-refractivity contribution < 1.29 is 4.74 Å². The van der Waals surface area contributed by atoms with Crippen LogP contribution in [0.3, 0.4) is 0 Å². The molecule has 2 aromatic carbocycles. The van der Waals surface area contributed by atoms with Gasteiger partial charge in [0.25, 0.3) is 0 Å². The molecule has 1 aliphatic rings. The Bertz CT molecular complexity index is 1130. The van der Waals surface area contributed by atoms with E-state index in [-0.39, 0.29) is 11.7 Å². The van der Waals surface area contributed by atoms with Crippen LogP contribution in [0, 0.1) is 11.3 Å². The molecule has 5 nitrogen and oxygen atoms in total. The fraction of sp³-hybridized carbons (Fsp3) is 0.391. The first-order chi connectivity index (χ1) is 14.1. The number of nitrogens with zero attached hydrogens (tertiary/aromatic N) is 3. The van der Waals surface area contributed by atoms with E-state index >= 15 is 0 Å². The zero-order valence-electron chi connectivity index (χ0n) is 16.5. The van der Waals surface area contributed by atoms with Crippen LogP contribution in [0.4, 0.5) is 0 Å². The van der Waals surface area contributed by atoms with Crippen LogP contribution in [0.2, 0.25) is 5.02 Å². The van der Waals surface area contributed by atoms with E-state index in [1.54, 1.807) is 17.7 Å². The minimum absolute atomic E-state index is 0.0195. The maximum Gasteiger partial charge on any atom is 0.329 e. The van der Waals surface area contributed by atoms with Crippen molar-refractivity contribution in [3.63, 3.8) is 0 Å². The summed E-state index contributed by atoms with van der Waals surface area (Å²) in [6, 6.07) is 13.5. The van der Waals surface area contributed by atoms with Crippen LogP contribution >= 0.6 is 11.6 Å². The number of aromatic nitrogens is 2. The molecular formula is C23H24ClN3O2. The Morgan fingerprint density at radius 1 is 1.10 bits per heavy atom. The van der Waals surface area contributed by atoms with E-state index in [1.165, 1.54) is 12.8 Å². The zero-order chi connectivity index (χ0) is 20.4. The highest BCUT2D eigenvalue weighted by Crippen LogP contribution is 2.30. The number of methoxy groups -OCH3 is 1. The number of nitriles is 1. The van der Waals surface area contributed by atoms with Gasteiger partial charge < -0.3 is 4.74 Å². The number of hydrogen-bond donors (Lipinski definition) is 0. The van der Waals surface area contributed by atoms with Gasteiger partial charge in [0.15, 0.2) is 0 Å². The summed E-state index contributed by atoms with van der Waals surface area (Å²) in [4.78, 5) is 13.5. The summed E-state index contributed by atoms with van der Waals surface area (Å²) in [5.74, 6) is 0.607. The Labute approximate surface area is 175 Å². The van der Waals surface area contributed by atoms with E-state index in [0.717, 1.165) is 42.3 Å². The molecule has 0 unspecified atom stereocenters. The van der Waals surface area contributed by atoms with Gasteiger partial charge in [-0.2, -0.15) is 5.26 Å². The largest absolute Gasteiger partial charge is 0.495 e. The first-order valence-electron chi connectivity index (χ1n) is 10.1. The van der Waals surface area contributed by atoms with Crippen molar-refractivity contribution in [3.05, 3.63) is 63.0 Å². The van der Waals surface area contributed by atoms with Crippen molar-refractivity contribution in [3.8, 4) is 11.8 Å². The highest BCUT2D eigenvalue weighted by molar-refractivity contribution is 6.32. The van der Waals surface area contributed by atoms with Crippen molar-refractivity contribution >= 4 is 22.6 Å². The molecular weight excluding hydrogens is 386 g/mol. The molecule has 150 valence electrons. The topological polar surface area (TPSA) is 59.9 Å². The number of rotatable bonds is 4. The number of fused-ring (bicyclic) bond motifs is 1. The Balaban J connectivity index is 1.84. The maximum atomic E-state index is 13.5. The highest BCUT2D eigenvalue weighted by atomic mass is 35.5. The predicted octanol–water partition coefficient (Wildman–Crippen LogP) is 5.28. The molecule has 1 saturated carbocycles. The van der Waals surface area contributed by atoms with E-state index in [0.29, 0.717) is 22.9 Å². The standard InChI is InChI=1S/C23H24ClN3O2/c1-29-22-11-9-17(12-19(22)24)15-26-21-13-16(14-25)8-10-20(21)27(23(26)28)18-6-4-2-3-5-7-18/h8-13,18H,2-7,15H2,1H3. The predicted molar refractivity (Wildman–Crippen MR) is 115 cm³/mol. The van der Waals surface area contributed by atoms with Gasteiger partial charge in [0.2, 0.25) is 0 Å². The molecule has 0 amide bonds. The van der Waals surface area contributed by atoms with Gasteiger partial charge >= 0.3 is 5.69 Å². The molecule has 1 heterocycles. The lowest BCUT2D eigenvalue weighted by Crippen LogP contribution is -2.27. The molecule has 0 spiro atoms. The SMILES string of the molecule is COc1ccc(Cn2c(=O)n(C3CCCCCC3)c3ccc(C#N)cc32)cc1Cl. The molecule has 1 aromatic heterocycles. The van der Waals surface area contributed by atoms with Crippen LogP contribution in [-0.4, -0.2) is 16.2 Å². The molecule has 0 N–H and O–H groups in total. The fourth-order valence-electron chi connectivity index (χ4n) is 4.36. The van der Waals surface area contributed by atoms with Crippen molar-refractivity contribution in [1.29, 1.82) is 5.26 Å². The maximum absolute atomic E-state index is 13.5. The summed E-state index contributed by atoms with van der Waals surface area (Å²) in [6.45, 7) is 0.396. The van der Waals surface area contributed by atoms with Crippen LogP contribution in [-0.2, 0) is 6.54 Å². The molecule has 1 aliphatic carbocycles. The molecule has 1 fully saturated rings. The lowest BCUT2D eigenvalue weighted by molar-refractivity contribution is 0.415. The Morgan fingerprint density at radius 2 is 1.86 bits per heavy atom. The Kier molecular flexibility index (Phi) is 5.64. The molecule has 4 rings (SSSR count). The normalized spacial score (nSPS) is 15.2. The molecule has 0 radical (unpaired) electrons. The van der Waals surface area contributed by atoms with Crippen LogP contribution < -0.4 is 10.4 Å². The quantitative estimate of drug-likeness (QED) is 0.551. The smallest absolute Gasteiger partial charge is 0.329 e. The Morgan fingerprint density at radius 3 is 2.52 bits per heavy atom. The monoisotopic (exact) mass is 409 g/mol. The fourth-order valence-corrected chi connectivity index (χ4v) is 4.64.